The zero-order valence-electron chi connectivity index (χ0n) is 21.8. The fourth-order valence-corrected chi connectivity index (χ4v) is 5.54. The number of thioether (sulfide) groups is 1. The molecule has 2 heterocycles. The van der Waals surface area contributed by atoms with Crippen LogP contribution in [0.25, 0.3) is 11.2 Å². The van der Waals surface area contributed by atoms with Crippen molar-refractivity contribution in [3.8, 4) is 0 Å². The lowest BCUT2D eigenvalue weighted by molar-refractivity contribution is -0.162. The molecule has 1 aromatic carbocycles. The van der Waals surface area contributed by atoms with E-state index in [9.17, 15) is 19.0 Å². The Balaban J connectivity index is 1.39. The fraction of sp³-hybridized carbons (Fsp3) is 0.600. The van der Waals surface area contributed by atoms with Crippen molar-refractivity contribution in [3.05, 3.63) is 35.4 Å². The maximum Gasteiger partial charge on any atom is 0.191 e. The van der Waals surface area contributed by atoms with E-state index in [0.717, 1.165) is 24.7 Å². The van der Waals surface area contributed by atoms with Gasteiger partial charge in [0.25, 0.3) is 0 Å². The van der Waals surface area contributed by atoms with Crippen molar-refractivity contribution in [3.63, 3.8) is 0 Å². The first kappa shape index (κ1) is 28.1. The van der Waals surface area contributed by atoms with Crippen LogP contribution in [0, 0.1) is 11.6 Å². The van der Waals surface area contributed by atoms with E-state index < -0.39 is 42.3 Å². The molecule has 0 spiro atoms. The van der Waals surface area contributed by atoms with E-state index in [0.29, 0.717) is 27.7 Å². The van der Waals surface area contributed by atoms with Crippen molar-refractivity contribution in [1.82, 2.24) is 25.0 Å². The summed E-state index contributed by atoms with van der Waals surface area (Å²) >= 11 is 1.48. The largest absolute Gasteiger partial charge is 0.388 e. The third-order valence-electron chi connectivity index (χ3n) is 7.11. The number of halogens is 2. The van der Waals surface area contributed by atoms with Crippen molar-refractivity contribution in [2.45, 2.75) is 73.9 Å². The molecular formula is C25H32F2N6O5S. The van der Waals surface area contributed by atoms with Crippen LogP contribution in [0.5, 0.6) is 0 Å². The molecule has 0 saturated heterocycles. The van der Waals surface area contributed by atoms with Crippen molar-refractivity contribution in [1.29, 1.82) is 0 Å². The van der Waals surface area contributed by atoms with Crippen LogP contribution < -0.4 is 5.32 Å². The quantitative estimate of drug-likeness (QED) is 0.170. The van der Waals surface area contributed by atoms with E-state index in [2.05, 4.69) is 32.5 Å². The van der Waals surface area contributed by atoms with E-state index in [1.807, 2.05) is 0 Å². The number of rotatable bonds is 12. The zero-order valence-corrected chi connectivity index (χ0v) is 22.6. The third kappa shape index (κ3) is 5.86. The van der Waals surface area contributed by atoms with E-state index >= 15 is 0 Å². The molecule has 0 amide bonds. The highest BCUT2D eigenvalue weighted by Crippen LogP contribution is 2.44. The molecule has 5 rings (SSSR count). The number of aromatic nitrogens is 5. The molecule has 2 fully saturated rings. The van der Waals surface area contributed by atoms with Gasteiger partial charge in [0.2, 0.25) is 0 Å². The Morgan fingerprint density at radius 2 is 1.92 bits per heavy atom. The minimum atomic E-state index is -1.16. The van der Waals surface area contributed by atoms with Gasteiger partial charge in [-0.2, -0.15) is 0 Å². The number of nitrogens with zero attached hydrogens (tertiary/aromatic N) is 5. The first-order valence-electron chi connectivity index (χ1n) is 12.8. The molecule has 6 atom stereocenters. The number of fused-ring (bicyclic) bond motifs is 1. The molecule has 11 nitrogen and oxygen atoms in total. The summed E-state index contributed by atoms with van der Waals surface area (Å²) in [5, 5.41) is 34.0. The number of benzene rings is 1. The second-order valence-electron chi connectivity index (χ2n) is 9.73. The summed E-state index contributed by atoms with van der Waals surface area (Å²) in [4.78, 5) is 9.34. The summed E-state index contributed by atoms with van der Waals surface area (Å²) in [6.07, 6.45) is -1.68. The van der Waals surface area contributed by atoms with E-state index in [1.54, 1.807) is 6.07 Å². The van der Waals surface area contributed by atoms with Gasteiger partial charge in [0.05, 0.1) is 18.8 Å². The van der Waals surface area contributed by atoms with E-state index in [1.165, 1.54) is 36.7 Å². The van der Waals surface area contributed by atoms with Crippen LogP contribution in [0.15, 0.2) is 23.4 Å². The second-order valence-corrected chi connectivity index (χ2v) is 10.8. The van der Waals surface area contributed by atoms with Crippen LogP contribution in [0.1, 0.15) is 43.7 Å². The number of hydrogen-bond acceptors (Lipinski definition) is 11. The van der Waals surface area contributed by atoms with Gasteiger partial charge in [-0.25, -0.2) is 23.4 Å². The third-order valence-corrected chi connectivity index (χ3v) is 8.16. The predicted molar refractivity (Wildman–Crippen MR) is 138 cm³/mol. The first-order valence-corrected chi connectivity index (χ1v) is 13.8. The number of aliphatic hydroxyl groups is 2. The molecule has 0 bridgehead atoms. The molecular weight excluding hydrogens is 534 g/mol. The fourth-order valence-electron chi connectivity index (χ4n) is 4.84. The molecule has 14 heteroatoms. The van der Waals surface area contributed by atoms with Gasteiger partial charge in [0.1, 0.15) is 12.2 Å². The Kier molecular flexibility index (Phi) is 8.59. The summed E-state index contributed by atoms with van der Waals surface area (Å²) < 4.78 is 44.7. The minimum Gasteiger partial charge on any atom is -0.388 e. The predicted octanol–water partition coefficient (Wildman–Crippen LogP) is 2.64. The average molecular weight is 567 g/mol. The molecule has 2 aromatic heterocycles. The van der Waals surface area contributed by atoms with Crippen LogP contribution in [0.2, 0.25) is 0 Å². The Morgan fingerprint density at radius 1 is 1.13 bits per heavy atom. The first-order chi connectivity index (χ1) is 18.8. The topological polar surface area (TPSA) is 137 Å². The van der Waals surface area contributed by atoms with Gasteiger partial charge >= 0.3 is 0 Å². The van der Waals surface area contributed by atoms with Crippen LogP contribution in [0.4, 0.5) is 14.6 Å². The van der Waals surface area contributed by atoms with Crippen molar-refractivity contribution in [2.75, 3.05) is 31.9 Å². The van der Waals surface area contributed by atoms with Crippen molar-refractivity contribution >= 4 is 28.7 Å². The van der Waals surface area contributed by atoms with Crippen LogP contribution >= 0.6 is 11.8 Å². The Hall–Kier alpha value is -2.49. The molecule has 212 valence electrons. The summed E-state index contributed by atoms with van der Waals surface area (Å²) in [6, 6.07) is 3.26. The highest BCUT2D eigenvalue weighted by atomic mass is 32.2. The normalized spacial score (nSPS) is 26.6. The maximum atomic E-state index is 13.8. The molecule has 2 saturated carbocycles. The van der Waals surface area contributed by atoms with Crippen LogP contribution in [0.3, 0.4) is 0 Å². The standard InChI is InChI=1S/C25H32F2N6O5S/c1-4-7-39-25-29-23(28-16-9-13(16)12-5-6-14(26)15(27)8-12)20-24(30-25)33(32-31-20)17-10-18(22(35)21(17)34)38-11-19(36-2)37-3/h5-6,8,13,16-19,21-22,34-35H,4,7,9-11H2,1-3H3,(H,28,29,30)/t13-,16+,17+,18-,21-,22+/m0/s1. The maximum absolute atomic E-state index is 13.8. The summed E-state index contributed by atoms with van der Waals surface area (Å²) in [5.41, 5.74) is 1.54. The van der Waals surface area contributed by atoms with Gasteiger partial charge in [0, 0.05) is 38.4 Å². The molecule has 0 unspecified atom stereocenters. The molecule has 3 aromatic rings. The van der Waals surface area contributed by atoms with Gasteiger partial charge in [-0.05, 0) is 30.5 Å². The van der Waals surface area contributed by atoms with Gasteiger partial charge < -0.3 is 29.7 Å². The Bertz CT molecular complexity index is 1300. The van der Waals surface area contributed by atoms with Crippen molar-refractivity contribution in [2.24, 2.45) is 0 Å². The molecule has 39 heavy (non-hydrogen) atoms. The Morgan fingerprint density at radius 3 is 2.64 bits per heavy atom. The average Bonchev–Trinajstić information content (AvgIpc) is 3.48. The zero-order chi connectivity index (χ0) is 27.7. The van der Waals surface area contributed by atoms with Gasteiger partial charge in [0.15, 0.2) is 40.1 Å². The highest BCUT2D eigenvalue weighted by Gasteiger charge is 2.45. The number of ether oxygens (including phenoxy) is 3. The van der Waals surface area contributed by atoms with Crippen LogP contribution in [-0.4, -0.2) is 92.4 Å². The highest BCUT2D eigenvalue weighted by molar-refractivity contribution is 7.99. The lowest BCUT2D eigenvalue weighted by atomic mass is 10.1. The monoisotopic (exact) mass is 566 g/mol. The van der Waals surface area contributed by atoms with Gasteiger partial charge in [-0.15, -0.1) is 5.10 Å². The number of methoxy groups -OCH3 is 2. The number of anilines is 1. The van der Waals surface area contributed by atoms with Gasteiger partial charge in [-0.1, -0.05) is 30.0 Å². The minimum absolute atomic E-state index is 0.000333. The molecule has 2 aliphatic carbocycles. The molecule has 2 aliphatic rings. The molecule has 3 N–H and O–H groups in total. The second kappa shape index (κ2) is 11.9. The lowest BCUT2D eigenvalue weighted by Gasteiger charge is -2.20. The number of hydrogen-bond donors (Lipinski definition) is 3. The molecule has 0 radical (unpaired) electrons. The van der Waals surface area contributed by atoms with E-state index in [4.69, 9.17) is 14.2 Å². The van der Waals surface area contributed by atoms with E-state index in [-0.39, 0.29) is 25.0 Å². The summed E-state index contributed by atoms with van der Waals surface area (Å²) in [7, 11) is 2.98. The van der Waals surface area contributed by atoms with Crippen molar-refractivity contribution < 1.29 is 33.2 Å². The number of aliphatic hydroxyl groups excluding tert-OH is 2. The SMILES string of the molecule is CCCSc1nc(N[C@@H]2C[C@H]2c2ccc(F)c(F)c2)c2nnn([C@@H]3C[C@H](OCC(OC)OC)[C@@H](O)[C@H]3O)c2n1. The van der Waals surface area contributed by atoms with Gasteiger partial charge in [-0.3, -0.25) is 0 Å². The Labute approximate surface area is 228 Å². The lowest BCUT2D eigenvalue weighted by Crippen LogP contribution is -2.34. The number of nitrogens with one attached hydrogen (secondary N) is 1. The smallest absolute Gasteiger partial charge is 0.191 e. The summed E-state index contributed by atoms with van der Waals surface area (Å²) in [5.74, 6) is -0.472. The summed E-state index contributed by atoms with van der Waals surface area (Å²) in [6.45, 7) is 2.14. The van der Waals surface area contributed by atoms with Crippen LogP contribution in [-0.2, 0) is 14.2 Å². The molecule has 0 aliphatic heterocycles.